The van der Waals surface area contributed by atoms with Gasteiger partial charge in [0, 0.05) is 12.3 Å². The summed E-state index contributed by atoms with van der Waals surface area (Å²) in [6, 6.07) is 1.82. The van der Waals surface area contributed by atoms with E-state index in [1.165, 1.54) is 6.20 Å². The zero-order chi connectivity index (χ0) is 13.1. The molecule has 0 amide bonds. The summed E-state index contributed by atoms with van der Waals surface area (Å²) in [4.78, 5) is 18.1. The molecule has 94 valence electrons. The fourth-order valence-corrected chi connectivity index (χ4v) is 1.16. The van der Waals surface area contributed by atoms with Gasteiger partial charge in [-0.3, -0.25) is 4.98 Å². The van der Waals surface area contributed by atoms with Gasteiger partial charge in [0.2, 0.25) is 5.82 Å². The average Bonchev–Trinajstić information content (AvgIpc) is 2.68. The second-order valence-electron chi connectivity index (χ2n) is 3.15. The number of carbonyl (C=O) groups is 1. The van der Waals surface area contributed by atoms with Crippen molar-refractivity contribution in [3.8, 4) is 17.5 Å². The Labute approximate surface area is 99.2 Å². The monoisotopic (exact) mass is 254 g/mol. The number of pyridine rings is 1. The van der Waals surface area contributed by atoms with Gasteiger partial charge in [0.15, 0.2) is 6.61 Å². The maximum Gasteiger partial charge on any atom is 0.341 e. The van der Waals surface area contributed by atoms with E-state index in [0.29, 0.717) is 4.85 Å². The quantitative estimate of drug-likeness (QED) is 0.748. The molecule has 0 atom stereocenters. The summed E-state index contributed by atoms with van der Waals surface area (Å²) in [7, 11) is 0. The van der Waals surface area contributed by atoms with Crippen molar-refractivity contribution in [1.29, 1.82) is 0 Å². The van der Waals surface area contributed by atoms with Crippen molar-refractivity contribution in [2.24, 2.45) is 0 Å². The Morgan fingerprint density at radius 2 is 2.33 bits per heavy atom. The minimum absolute atomic E-state index is 0.0372. The third-order valence-corrected chi connectivity index (χ3v) is 1.85. The first-order valence-corrected chi connectivity index (χ1v) is 4.69. The standard InChI is InChI=1S/C9H7FN4O4/c10-5-1-2-11-6(3-5)8-12-9(13-14(8)17)18-4-7(15)16/h1-3,17H,4H2,(H,15,16). The van der Waals surface area contributed by atoms with Crippen LogP contribution in [0.5, 0.6) is 6.01 Å². The molecule has 0 aliphatic rings. The zero-order valence-electron chi connectivity index (χ0n) is 8.82. The largest absolute Gasteiger partial charge is 0.479 e. The van der Waals surface area contributed by atoms with Crippen LogP contribution in [0.2, 0.25) is 0 Å². The van der Waals surface area contributed by atoms with Crippen LogP contribution in [0.15, 0.2) is 18.3 Å². The Bertz CT molecular complexity index is 586. The second-order valence-corrected chi connectivity index (χ2v) is 3.15. The Morgan fingerprint density at radius 3 is 3.00 bits per heavy atom. The third kappa shape index (κ3) is 2.51. The van der Waals surface area contributed by atoms with Gasteiger partial charge in [-0.2, -0.15) is 4.98 Å². The molecule has 2 aromatic heterocycles. The van der Waals surface area contributed by atoms with Crippen LogP contribution in [0, 0.1) is 5.82 Å². The number of hydrogen-bond acceptors (Lipinski definition) is 6. The van der Waals surface area contributed by atoms with Crippen molar-refractivity contribution in [2.75, 3.05) is 6.61 Å². The topological polar surface area (TPSA) is 110 Å². The van der Waals surface area contributed by atoms with Crippen LogP contribution >= 0.6 is 0 Å². The van der Waals surface area contributed by atoms with Crippen LogP contribution in [0.3, 0.4) is 0 Å². The van der Waals surface area contributed by atoms with E-state index >= 15 is 0 Å². The number of halogens is 1. The van der Waals surface area contributed by atoms with Gasteiger partial charge in [0.25, 0.3) is 0 Å². The van der Waals surface area contributed by atoms with E-state index in [0.717, 1.165) is 12.1 Å². The highest BCUT2D eigenvalue weighted by Crippen LogP contribution is 2.16. The number of hydrogen-bond donors (Lipinski definition) is 2. The summed E-state index contributed by atoms with van der Waals surface area (Å²) in [6.07, 6.45) is 1.19. The van der Waals surface area contributed by atoms with Gasteiger partial charge in [0.05, 0.1) is 0 Å². The molecule has 9 heteroatoms. The zero-order valence-corrected chi connectivity index (χ0v) is 8.82. The van der Waals surface area contributed by atoms with Gasteiger partial charge in [-0.1, -0.05) is 9.94 Å². The maximum atomic E-state index is 13.0. The first-order valence-electron chi connectivity index (χ1n) is 4.69. The first-order chi connectivity index (χ1) is 8.56. The molecule has 2 heterocycles. The highest BCUT2D eigenvalue weighted by molar-refractivity contribution is 5.68. The molecule has 18 heavy (non-hydrogen) atoms. The van der Waals surface area contributed by atoms with Gasteiger partial charge >= 0.3 is 12.0 Å². The van der Waals surface area contributed by atoms with Crippen LogP contribution in [-0.2, 0) is 4.79 Å². The minimum Gasteiger partial charge on any atom is -0.479 e. The lowest BCUT2D eigenvalue weighted by Gasteiger charge is -1.96. The highest BCUT2D eigenvalue weighted by atomic mass is 19.1. The van der Waals surface area contributed by atoms with E-state index in [1.807, 2.05) is 0 Å². The number of carboxylic acids is 1. The predicted molar refractivity (Wildman–Crippen MR) is 53.5 cm³/mol. The lowest BCUT2D eigenvalue weighted by molar-refractivity contribution is -0.139. The Hall–Kier alpha value is -2.71. The molecule has 0 aliphatic heterocycles. The van der Waals surface area contributed by atoms with Crippen molar-refractivity contribution >= 4 is 5.97 Å². The Kier molecular flexibility index (Phi) is 3.04. The summed E-state index contributed by atoms with van der Waals surface area (Å²) in [6.45, 7) is -0.653. The lowest BCUT2D eigenvalue weighted by Crippen LogP contribution is -2.10. The number of aromatic nitrogens is 4. The lowest BCUT2D eigenvalue weighted by atomic mass is 10.3. The van der Waals surface area contributed by atoms with E-state index in [2.05, 4.69) is 19.8 Å². The second kappa shape index (κ2) is 4.65. The van der Waals surface area contributed by atoms with Crippen LogP contribution in [0.1, 0.15) is 0 Å². The molecule has 2 rings (SSSR count). The number of carboxylic acid groups (broad SMARTS) is 1. The molecule has 0 aromatic carbocycles. The summed E-state index contributed by atoms with van der Waals surface area (Å²) < 4.78 is 17.6. The summed E-state index contributed by atoms with van der Waals surface area (Å²) in [5, 5.41) is 21.2. The van der Waals surface area contributed by atoms with Gasteiger partial charge in [-0.25, -0.2) is 9.18 Å². The van der Waals surface area contributed by atoms with Crippen LogP contribution in [-0.4, -0.2) is 42.8 Å². The summed E-state index contributed by atoms with van der Waals surface area (Å²) in [5.74, 6) is -1.93. The SMILES string of the molecule is O=C(O)COc1nc(-c2cc(F)ccn2)n(O)n1. The normalized spacial score (nSPS) is 10.3. The van der Waals surface area contributed by atoms with Gasteiger partial charge in [-0.05, 0) is 6.07 Å². The van der Waals surface area contributed by atoms with Crippen LogP contribution in [0.4, 0.5) is 4.39 Å². The summed E-state index contributed by atoms with van der Waals surface area (Å²) in [5.41, 5.74) is 0.0372. The molecule has 8 nitrogen and oxygen atoms in total. The van der Waals surface area contributed by atoms with Crippen molar-refractivity contribution in [3.05, 3.63) is 24.1 Å². The highest BCUT2D eigenvalue weighted by Gasteiger charge is 2.15. The first kappa shape index (κ1) is 11.8. The van der Waals surface area contributed by atoms with Gasteiger partial charge in [-0.15, -0.1) is 0 Å². The molecule has 0 fully saturated rings. The molecular weight excluding hydrogens is 247 g/mol. The van der Waals surface area contributed by atoms with Gasteiger partial charge in [0.1, 0.15) is 11.5 Å². The van der Waals surface area contributed by atoms with Crippen molar-refractivity contribution in [3.63, 3.8) is 0 Å². The number of aliphatic carboxylic acids is 1. The number of ether oxygens (including phenoxy) is 1. The Morgan fingerprint density at radius 1 is 1.56 bits per heavy atom. The maximum absolute atomic E-state index is 13.0. The van der Waals surface area contributed by atoms with Crippen molar-refractivity contribution < 1.29 is 24.2 Å². The number of rotatable bonds is 4. The van der Waals surface area contributed by atoms with E-state index in [1.54, 1.807) is 0 Å². The van der Waals surface area contributed by atoms with E-state index in [9.17, 15) is 14.4 Å². The molecule has 0 spiro atoms. The minimum atomic E-state index is -1.21. The fourth-order valence-electron chi connectivity index (χ4n) is 1.16. The number of nitrogens with zero attached hydrogens (tertiary/aromatic N) is 4. The Balaban J connectivity index is 2.26. The molecule has 0 unspecified atom stereocenters. The van der Waals surface area contributed by atoms with Crippen LogP contribution in [0.25, 0.3) is 11.5 Å². The van der Waals surface area contributed by atoms with Crippen molar-refractivity contribution in [1.82, 2.24) is 19.9 Å². The molecule has 0 radical (unpaired) electrons. The average molecular weight is 254 g/mol. The molecule has 0 bridgehead atoms. The van der Waals surface area contributed by atoms with E-state index in [4.69, 9.17) is 5.11 Å². The smallest absolute Gasteiger partial charge is 0.341 e. The third-order valence-electron chi connectivity index (χ3n) is 1.85. The van der Waals surface area contributed by atoms with Gasteiger partial charge < -0.3 is 15.1 Å². The molecule has 0 aliphatic carbocycles. The summed E-state index contributed by atoms with van der Waals surface area (Å²) >= 11 is 0. The van der Waals surface area contributed by atoms with Crippen molar-refractivity contribution in [2.45, 2.75) is 0 Å². The van der Waals surface area contributed by atoms with E-state index in [-0.39, 0.29) is 17.5 Å². The predicted octanol–water partition coefficient (Wildman–Crippen LogP) is 0.180. The molecular formula is C9H7FN4O4. The molecule has 0 saturated carbocycles. The molecule has 2 aromatic rings. The molecule has 2 N–H and O–H groups in total. The van der Waals surface area contributed by atoms with Crippen LogP contribution < -0.4 is 4.74 Å². The molecule has 0 saturated heterocycles. The fraction of sp³-hybridized carbons (Fsp3) is 0.111. The van der Waals surface area contributed by atoms with E-state index < -0.39 is 18.4 Å².